The molecule has 0 bridgehead atoms. The summed E-state index contributed by atoms with van der Waals surface area (Å²) in [5.74, 6) is -0.0870. The fourth-order valence-electron chi connectivity index (χ4n) is 0.460. The molecule has 0 rings (SSSR count). The average molecular weight is 164 g/mol. The van der Waals surface area contributed by atoms with Gasteiger partial charge in [-0.3, -0.25) is 4.79 Å². The molecule has 0 aliphatic carbocycles. The molecule has 0 saturated heterocycles. The van der Waals surface area contributed by atoms with Gasteiger partial charge in [-0.2, -0.15) is 0 Å². The topological polar surface area (TPSA) is 29.1 Å². The highest BCUT2D eigenvalue weighted by atomic mass is 35.5. The van der Waals surface area contributed by atoms with Crippen LogP contribution in [0.1, 0.15) is 27.2 Å². The zero-order valence-electron chi connectivity index (χ0n) is 6.65. The number of alkyl halides is 1. The van der Waals surface area contributed by atoms with Gasteiger partial charge in [0.1, 0.15) is 5.38 Å². The van der Waals surface area contributed by atoms with Gasteiger partial charge in [0.05, 0.1) is 0 Å². The fraction of sp³-hybridized carbons (Fsp3) is 0.857. The van der Waals surface area contributed by atoms with E-state index in [0.29, 0.717) is 0 Å². The molecule has 0 radical (unpaired) electrons. The van der Waals surface area contributed by atoms with Gasteiger partial charge in [-0.1, -0.05) is 6.92 Å². The van der Waals surface area contributed by atoms with Gasteiger partial charge in [0, 0.05) is 6.04 Å². The van der Waals surface area contributed by atoms with Gasteiger partial charge < -0.3 is 5.32 Å². The maximum Gasteiger partial charge on any atom is 0.237 e. The van der Waals surface area contributed by atoms with Crippen LogP contribution in [-0.4, -0.2) is 17.3 Å². The molecular formula is C7H14ClNO. The molecule has 0 heterocycles. The van der Waals surface area contributed by atoms with Crippen molar-refractivity contribution in [3.05, 3.63) is 0 Å². The highest BCUT2D eigenvalue weighted by molar-refractivity contribution is 6.30. The van der Waals surface area contributed by atoms with Crippen LogP contribution >= 0.6 is 11.6 Å². The highest BCUT2D eigenvalue weighted by Gasteiger charge is 2.10. The summed E-state index contributed by atoms with van der Waals surface area (Å²) in [5.41, 5.74) is 0. The second kappa shape index (κ2) is 4.56. The van der Waals surface area contributed by atoms with Crippen LogP contribution in [0.2, 0.25) is 0 Å². The lowest BCUT2D eigenvalue weighted by atomic mass is 10.2. The normalized spacial score (nSPS) is 16.0. The molecule has 0 fully saturated rings. The van der Waals surface area contributed by atoms with E-state index in [1.165, 1.54) is 0 Å². The van der Waals surface area contributed by atoms with Gasteiger partial charge in [-0.25, -0.2) is 0 Å². The van der Waals surface area contributed by atoms with E-state index in [1.54, 1.807) is 6.92 Å². The summed E-state index contributed by atoms with van der Waals surface area (Å²) in [6.07, 6.45) is 0.940. The second-order valence-electron chi connectivity index (χ2n) is 2.43. The molecule has 2 atom stereocenters. The lowest BCUT2D eigenvalue weighted by Gasteiger charge is -2.11. The molecular weight excluding hydrogens is 150 g/mol. The van der Waals surface area contributed by atoms with Crippen molar-refractivity contribution in [1.82, 2.24) is 5.32 Å². The smallest absolute Gasteiger partial charge is 0.237 e. The Kier molecular flexibility index (Phi) is 4.45. The van der Waals surface area contributed by atoms with Gasteiger partial charge in [0.15, 0.2) is 0 Å². The van der Waals surface area contributed by atoms with Crippen molar-refractivity contribution in [2.24, 2.45) is 0 Å². The first-order chi connectivity index (χ1) is 4.57. The third-order valence-corrected chi connectivity index (χ3v) is 1.56. The van der Waals surface area contributed by atoms with Crippen molar-refractivity contribution in [2.45, 2.75) is 38.6 Å². The molecule has 0 aliphatic heterocycles. The van der Waals surface area contributed by atoms with Crippen molar-refractivity contribution in [1.29, 1.82) is 0 Å². The number of hydrogen-bond donors (Lipinski definition) is 1. The zero-order chi connectivity index (χ0) is 8.15. The Labute approximate surface area is 66.9 Å². The van der Waals surface area contributed by atoms with Crippen LogP contribution in [0.15, 0.2) is 0 Å². The van der Waals surface area contributed by atoms with Crippen LogP contribution in [0.25, 0.3) is 0 Å². The SMILES string of the molecule is CCC(C)NC(=O)C(C)Cl. The van der Waals surface area contributed by atoms with Crippen LogP contribution in [0, 0.1) is 0 Å². The Morgan fingerprint density at radius 3 is 2.40 bits per heavy atom. The lowest BCUT2D eigenvalue weighted by Crippen LogP contribution is -2.36. The van der Waals surface area contributed by atoms with E-state index >= 15 is 0 Å². The molecule has 60 valence electrons. The van der Waals surface area contributed by atoms with Gasteiger partial charge in [-0.05, 0) is 20.3 Å². The molecule has 0 aromatic heterocycles. The molecule has 0 saturated carbocycles. The van der Waals surface area contributed by atoms with Crippen LogP contribution in [0.4, 0.5) is 0 Å². The van der Waals surface area contributed by atoms with Crippen LogP contribution < -0.4 is 5.32 Å². The molecule has 0 aromatic rings. The lowest BCUT2D eigenvalue weighted by molar-refractivity contribution is -0.121. The summed E-state index contributed by atoms with van der Waals surface area (Å²) in [6, 6.07) is 0.230. The summed E-state index contributed by atoms with van der Waals surface area (Å²) in [6.45, 7) is 5.64. The molecule has 3 heteroatoms. The first kappa shape index (κ1) is 9.76. The van der Waals surface area contributed by atoms with E-state index in [0.717, 1.165) is 6.42 Å². The van der Waals surface area contributed by atoms with Crippen molar-refractivity contribution in [3.8, 4) is 0 Å². The molecule has 2 unspecified atom stereocenters. The molecule has 1 amide bonds. The number of hydrogen-bond acceptors (Lipinski definition) is 1. The minimum Gasteiger partial charge on any atom is -0.352 e. The maximum atomic E-state index is 10.9. The van der Waals surface area contributed by atoms with E-state index in [-0.39, 0.29) is 11.9 Å². The predicted molar refractivity (Wildman–Crippen MR) is 43.2 cm³/mol. The third-order valence-electron chi connectivity index (χ3n) is 1.36. The summed E-state index contributed by atoms with van der Waals surface area (Å²) >= 11 is 5.52. The number of nitrogens with one attached hydrogen (secondary N) is 1. The van der Waals surface area contributed by atoms with E-state index in [1.807, 2.05) is 13.8 Å². The molecule has 1 N–H and O–H groups in total. The highest BCUT2D eigenvalue weighted by Crippen LogP contribution is 1.95. The Balaban J connectivity index is 3.57. The standard InChI is InChI=1S/C7H14ClNO/c1-4-5(2)9-7(10)6(3)8/h5-6H,4H2,1-3H3,(H,9,10). The van der Waals surface area contributed by atoms with E-state index in [2.05, 4.69) is 5.32 Å². The predicted octanol–water partition coefficient (Wildman–Crippen LogP) is 1.53. The van der Waals surface area contributed by atoms with Crippen LogP contribution in [-0.2, 0) is 4.79 Å². The summed E-state index contributed by atoms with van der Waals surface area (Å²) in [5, 5.41) is 2.34. The summed E-state index contributed by atoms with van der Waals surface area (Å²) in [4.78, 5) is 10.9. The van der Waals surface area contributed by atoms with Gasteiger partial charge in [0.25, 0.3) is 0 Å². The zero-order valence-corrected chi connectivity index (χ0v) is 7.40. The number of rotatable bonds is 3. The van der Waals surface area contributed by atoms with Crippen LogP contribution in [0.3, 0.4) is 0 Å². The minimum atomic E-state index is -0.422. The Morgan fingerprint density at radius 1 is 1.60 bits per heavy atom. The molecule has 0 aliphatic rings. The second-order valence-corrected chi connectivity index (χ2v) is 3.09. The van der Waals surface area contributed by atoms with Gasteiger partial charge >= 0.3 is 0 Å². The van der Waals surface area contributed by atoms with Crippen LogP contribution in [0.5, 0.6) is 0 Å². The fourth-order valence-corrected chi connectivity index (χ4v) is 0.523. The molecule has 0 spiro atoms. The quantitative estimate of drug-likeness (QED) is 0.629. The number of carbonyl (C=O) groups is 1. The largest absolute Gasteiger partial charge is 0.352 e. The number of amides is 1. The molecule has 0 aromatic carbocycles. The first-order valence-corrected chi connectivity index (χ1v) is 3.96. The van der Waals surface area contributed by atoms with Crippen molar-refractivity contribution in [3.63, 3.8) is 0 Å². The van der Waals surface area contributed by atoms with E-state index in [4.69, 9.17) is 11.6 Å². The van der Waals surface area contributed by atoms with E-state index in [9.17, 15) is 4.79 Å². The monoisotopic (exact) mass is 163 g/mol. The average Bonchev–Trinajstić information content (AvgIpc) is 1.87. The molecule has 2 nitrogen and oxygen atoms in total. The van der Waals surface area contributed by atoms with Gasteiger partial charge in [0.2, 0.25) is 5.91 Å². The maximum absolute atomic E-state index is 10.9. The number of halogens is 1. The minimum absolute atomic E-state index is 0.0870. The summed E-state index contributed by atoms with van der Waals surface area (Å²) in [7, 11) is 0. The van der Waals surface area contributed by atoms with E-state index < -0.39 is 5.38 Å². The van der Waals surface area contributed by atoms with Crippen molar-refractivity contribution >= 4 is 17.5 Å². The molecule has 10 heavy (non-hydrogen) atoms. The Bertz CT molecular complexity index is 114. The third kappa shape index (κ3) is 3.72. The van der Waals surface area contributed by atoms with Crippen molar-refractivity contribution in [2.75, 3.05) is 0 Å². The van der Waals surface area contributed by atoms with Crippen molar-refractivity contribution < 1.29 is 4.79 Å². The summed E-state index contributed by atoms with van der Waals surface area (Å²) < 4.78 is 0. The Morgan fingerprint density at radius 2 is 2.10 bits per heavy atom. The van der Waals surface area contributed by atoms with Gasteiger partial charge in [-0.15, -0.1) is 11.6 Å². The Hall–Kier alpha value is -0.240. The number of carbonyl (C=O) groups excluding carboxylic acids is 1. The first-order valence-electron chi connectivity index (χ1n) is 3.52.